The number of hydrogen-bond acceptors (Lipinski definition) is 3. The van der Waals surface area contributed by atoms with E-state index in [1.54, 1.807) is 0 Å². The second kappa shape index (κ2) is 5.34. The molecule has 0 unspecified atom stereocenters. The van der Waals surface area contributed by atoms with Crippen molar-refractivity contribution < 1.29 is 9.47 Å². The van der Waals surface area contributed by atoms with E-state index >= 15 is 0 Å². The monoisotopic (exact) mass is 267 g/mol. The van der Waals surface area contributed by atoms with E-state index in [0.29, 0.717) is 11.5 Å². The fourth-order valence-electron chi connectivity index (χ4n) is 3.91. The zero-order valence-electron chi connectivity index (χ0n) is 12.5. The molecule has 3 fully saturated rings. The molecule has 0 aromatic carbocycles. The van der Waals surface area contributed by atoms with Gasteiger partial charge in [0.25, 0.3) is 0 Å². The van der Waals surface area contributed by atoms with Crippen molar-refractivity contribution in [3.63, 3.8) is 0 Å². The Hall–Kier alpha value is -0.120. The molecule has 3 heteroatoms. The van der Waals surface area contributed by atoms with Crippen LogP contribution in [0.15, 0.2) is 0 Å². The summed E-state index contributed by atoms with van der Waals surface area (Å²) >= 11 is 0. The molecule has 110 valence electrons. The molecule has 1 N–H and O–H groups in total. The van der Waals surface area contributed by atoms with Crippen LogP contribution >= 0.6 is 0 Å². The highest BCUT2D eigenvalue weighted by Gasteiger charge is 2.40. The van der Waals surface area contributed by atoms with Gasteiger partial charge in [-0.15, -0.1) is 0 Å². The summed E-state index contributed by atoms with van der Waals surface area (Å²) in [5, 5.41) is 3.89. The van der Waals surface area contributed by atoms with Crippen molar-refractivity contribution in [3.8, 4) is 0 Å². The molecule has 0 atom stereocenters. The lowest BCUT2D eigenvalue weighted by Crippen LogP contribution is -2.46. The lowest BCUT2D eigenvalue weighted by molar-refractivity contribution is -0.179. The van der Waals surface area contributed by atoms with Gasteiger partial charge in [0.2, 0.25) is 0 Å². The van der Waals surface area contributed by atoms with E-state index < -0.39 is 0 Å². The fourth-order valence-corrected chi connectivity index (χ4v) is 3.91. The highest BCUT2D eigenvalue weighted by Crippen LogP contribution is 2.38. The van der Waals surface area contributed by atoms with Gasteiger partial charge in [-0.1, -0.05) is 13.8 Å². The molecule has 2 aliphatic carbocycles. The Morgan fingerprint density at radius 1 is 0.789 bits per heavy atom. The smallest absolute Gasteiger partial charge is 0.168 e. The minimum Gasteiger partial charge on any atom is -0.348 e. The molecule has 0 bridgehead atoms. The molecule has 1 aliphatic heterocycles. The fraction of sp³-hybridized carbons (Fsp3) is 1.00. The third-order valence-corrected chi connectivity index (χ3v) is 5.37. The van der Waals surface area contributed by atoms with Crippen molar-refractivity contribution in [3.05, 3.63) is 0 Å². The molecular weight excluding hydrogens is 238 g/mol. The van der Waals surface area contributed by atoms with E-state index in [1.165, 1.54) is 38.5 Å². The van der Waals surface area contributed by atoms with Crippen molar-refractivity contribution in [1.29, 1.82) is 0 Å². The molecular formula is C16H29NO2. The Morgan fingerprint density at radius 3 is 1.79 bits per heavy atom. The zero-order valence-corrected chi connectivity index (χ0v) is 12.5. The lowest BCUT2D eigenvalue weighted by atomic mass is 9.75. The molecule has 3 aliphatic rings. The van der Waals surface area contributed by atoms with Crippen LogP contribution in [0.1, 0.15) is 65.2 Å². The Balaban J connectivity index is 1.43. The zero-order chi connectivity index (χ0) is 13.3. The standard InChI is InChI=1S/C16H29NO2/c1-15(2)7-3-13(4-8-15)17-14-5-9-16(10-6-14)18-11-12-19-16/h13-14,17H,3-12H2,1-2H3. The molecule has 19 heavy (non-hydrogen) atoms. The van der Waals surface area contributed by atoms with Gasteiger partial charge in [0.05, 0.1) is 13.2 Å². The van der Waals surface area contributed by atoms with E-state index in [9.17, 15) is 0 Å². The summed E-state index contributed by atoms with van der Waals surface area (Å²) in [6, 6.07) is 1.43. The van der Waals surface area contributed by atoms with Gasteiger partial charge < -0.3 is 14.8 Å². The third kappa shape index (κ3) is 3.32. The molecule has 0 radical (unpaired) electrons. The van der Waals surface area contributed by atoms with E-state index in [1.807, 2.05) is 0 Å². The van der Waals surface area contributed by atoms with Gasteiger partial charge in [0.15, 0.2) is 5.79 Å². The van der Waals surface area contributed by atoms with Crippen LogP contribution in [-0.2, 0) is 9.47 Å². The molecule has 2 saturated carbocycles. The predicted molar refractivity (Wildman–Crippen MR) is 76.1 cm³/mol. The van der Waals surface area contributed by atoms with Crippen LogP contribution in [0.2, 0.25) is 0 Å². The normalized spacial score (nSPS) is 34.7. The average molecular weight is 267 g/mol. The Kier molecular flexibility index (Phi) is 3.89. The summed E-state index contributed by atoms with van der Waals surface area (Å²) in [6.07, 6.45) is 10.00. The maximum absolute atomic E-state index is 5.80. The summed E-state index contributed by atoms with van der Waals surface area (Å²) in [5.41, 5.74) is 0.570. The summed E-state index contributed by atoms with van der Waals surface area (Å²) in [5.74, 6) is -0.202. The van der Waals surface area contributed by atoms with Gasteiger partial charge >= 0.3 is 0 Å². The van der Waals surface area contributed by atoms with Crippen molar-refractivity contribution in [1.82, 2.24) is 5.32 Å². The molecule has 0 aromatic rings. The first-order chi connectivity index (χ1) is 9.07. The Morgan fingerprint density at radius 2 is 1.26 bits per heavy atom. The van der Waals surface area contributed by atoms with Crippen molar-refractivity contribution >= 4 is 0 Å². The first kappa shape index (κ1) is 13.8. The maximum Gasteiger partial charge on any atom is 0.168 e. The summed E-state index contributed by atoms with van der Waals surface area (Å²) in [6.45, 7) is 6.39. The number of hydrogen-bond donors (Lipinski definition) is 1. The Bertz CT molecular complexity index is 290. The SMILES string of the molecule is CC1(C)CCC(NC2CCC3(CC2)OCCO3)CC1. The molecule has 0 amide bonds. The molecule has 1 saturated heterocycles. The highest BCUT2D eigenvalue weighted by molar-refractivity contribution is 4.89. The van der Waals surface area contributed by atoms with Gasteiger partial charge in [0.1, 0.15) is 0 Å². The van der Waals surface area contributed by atoms with Gasteiger partial charge in [-0.3, -0.25) is 0 Å². The van der Waals surface area contributed by atoms with Gasteiger partial charge in [-0.05, 0) is 43.9 Å². The predicted octanol–water partition coefficient (Wildman–Crippen LogP) is 3.23. The van der Waals surface area contributed by atoms with Crippen molar-refractivity contribution in [2.45, 2.75) is 83.1 Å². The second-order valence-corrected chi connectivity index (χ2v) is 7.49. The number of nitrogens with one attached hydrogen (secondary N) is 1. The second-order valence-electron chi connectivity index (χ2n) is 7.49. The number of ether oxygens (including phenoxy) is 2. The van der Waals surface area contributed by atoms with Crippen LogP contribution in [0.3, 0.4) is 0 Å². The van der Waals surface area contributed by atoms with E-state index in [0.717, 1.165) is 32.1 Å². The lowest BCUT2D eigenvalue weighted by Gasteiger charge is -2.40. The quantitative estimate of drug-likeness (QED) is 0.833. The minimum atomic E-state index is -0.202. The number of rotatable bonds is 2. The van der Waals surface area contributed by atoms with Gasteiger partial charge in [-0.2, -0.15) is 0 Å². The summed E-state index contributed by atoms with van der Waals surface area (Å²) < 4.78 is 11.6. The van der Waals surface area contributed by atoms with Crippen LogP contribution < -0.4 is 5.32 Å². The topological polar surface area (TPSA) is 30.5 Å². The van der Waals surface area contributed by atoms with Gasteiger partial charge in [-0.25, -0.2) is 0 Å². The molecule has 3 nitrogen and oxygen atoms in total. The van der Waals surface area contributed by atoms with Crippen LogP contribution in [0.5, 0.6) is 0 Å². The first-order valence-corrected chi connectivity index (χ1v) is 8.11. The molecule has 3 rings (SSSR count). The van der Waals surface area contributed by atoms with Crippen LogP contribution in [0.4, 0.5) is 0 Å². The van der Waals surface area contributed by atoms with Crippen LogP contribution in [-0.4, -0.2) is 31.1 Å². The highest BCUT2D eigenvalue weighted by atomic mass is 16.7. The van der Waals surface area contributed by atoms with Gasteiger partial charge in [0, 0.05) is 24.9 Å². The third-order valence-electron chi connectivity index (χ3n) is 5.37. The van der Waals surface area contributed by atoms with Crippen LogP contribution in [0.25, 0.3) is 0 Å². The first-order valence-electron chi connectivity index (χ1n) is 8.11. The van der Waals surface area contributed by atoms with Crippen molar-refractivity contribution in [2.24, 2.45) is 5.41 Å². The largest absolute Gasteiger partial charge is 0.348 e. The molecule has 1 spiro atoms. The summed E-state index contributed by atoms with van der Waals surface area (Å²) in [4.78, 5) is 0. The molecule has 1 heterocycles. The maximum atomic E-state index is 5.80. The Labute approximate surface area is 117 Å². The summed E-state index contributed by atoms with van der Waals surface area (Å²) in [7, 11) is 0. The minimum absolute atomic E-state index is 0.202. The van der Waals surface area contributed by atoms with E-state index in [2.05, 4.69) is 19.2 Å². The van der Waals surface area contributed by atoms with E-state index in [4.69, 9.17) is 9.47 Å². The van der Waals surface area contributed by atoms with E-state index in [-0.39, 0.29) is 5.79 Å². The molecule has 0 aromatic heterocycles. The van der Waals surface area contributed by atoms with Crippen LogP contribution in [0, 0.1) is 5.41 Å². The van der Waals surface area contributed by atoms with Crippen molar-refractivity contribution in [2.75, 3.05) is 13.2 Å². The average Bonchev–Trinajstić information content (AvgIpc) is 2.84.